The fourth-order valence-electron chi connectivity index (χ4n) is 2.92. The zero-order chi connectivity index (χ0) is 13.1. The summed E-state index contributed by atoms with van der Waals surface area (Å²) in [7, 11) is 0. The molecule has 1 unspecified atom stereocenters. The van der Waals surface area contributed by atoms with Crippen molar-refractivity contribution in [1.82, 2.24) is 0 Å². The summed E-state index contributed by atoms with van der Waals surface area (Å²) in [5, 5.41) is 0. The van der Waals surface area contributed by atoms with Gasteiger partial charge in [0.25, 0.3) is 0 Å². The Balaban J connectivity index is 2.16. The van der Waals surface area contributed by atoms with E-state index in [1.807, 2.05) is 0 Å². The number of hydrogen-bond acceptors (Lipinski definition) is 0. The van der Waals surface area contributed by atoms with E-state index in [1.165, 1.54) is 48.8 Å². The molecule has 0 heteroatoms. The van der Waals surface area contributed by atoms with Gasteiger partial charge in [0, 0.05) is 0 Å². The third-order valence-electron chi connectivity index (χ3n) is 4.49. The molecule has 1 saturated carbocycles. The molecule has 0 bridgehead atoms. The van der Waals surface area contributed by atoms with Crippen LogP contribution in [0.4, 0.5) is 0 Å². The second-order valence-corrected chi connectivity index (χ2v) is 5.92. The third-order valence-corrected chi connectivity index (χ3v) is 4.49. The van der Waals surface area contributed by atoms with Crippen LogP contribution in [0.15, 0.2) is 24.8 Å². The Morgan fingerprint density at radius 1 is 1.39 bits per heavy atom. The fourth-order valence-corrected chi connectivity index (χ4v) is 2.92. The smallest absolute Gasteiger partial charge is 0.0162 e. The van der Waals surface area contributed by atoms with Crippen molar-refractivity contribution < 1.29 is 0 Å². The maximum Gasteiger partial charge on any atom is -0.0162 e. The molecule has 1 aromatic carbocycles. The van der Waals surface area contributed by atoms with Gasteiger partial charge in [0.05, 0.1) is 0 Å². The van der Waals surface area contributed by atoms with Crippen molar-refractivity contribution in [1.29, 1.82) is 0 Å². The summed E-state index contributed by atoms with van der Waals surface area (Å²) in [6.45, 7) is 11.1. The molecule has 18 heavy (non-hydrogen) atoms. The zero-order valence-corrected chi connectivity index (χ0v) is 12.1. The molecule has 0 radical (unpaired) electrons. The van der Waals surface area contributed by atoms with Crippen LogP contribution in [0.5, 0.6) is 0 Å². The van der Waals surface area contributed by atoms with Gasteiger partial charge >= 0.3 is 0 Å². The highest BCUT2D eigenvalue weighted by Gasteiger charge is 2.20. The highest BCUT2D eigenvalue weighted by molar-refractivity contribution is 5.68. The average Bonchev–Trinajstić information content (AvgIpc) is 2.26. The second kappa shape index (κ2) is 5.73. The van der Waals surface area contributed by atoms with Crippen LogP contribution in [0, 0.1) is 12.8 Å². The number of aryl methyl sites for hydroxylation is 1. The first-order valence-corrected chi connectivity index (χ1v) is 7.43. The van der Waals surface area contributed by atoms with Crippen LogP contribution in [0.25, 0.3) is 5.57 Å². The predicted molar refractivity (Wildman–Crippen MR) is 80.9 cm³/mol. The van der Waals surface area contributed by atoms with Crippen LogP contribution in [-0.4, -0.2) is 0 Å². The van der Waals surface area contributed by atoms with Gasteiger partial charge in [0.2, 0.25) is 0 Å². The Kier molecular flexibility index (Phi) is 4.27. The predicted octanol–water partition coefficient (Wildman–Crippen LogP) is 5.71. The molecule has 1 aromatic rings. The molecule has 0 N–H and O–H groups in total. The molecule has 0 aliphatic heterocycles. The van der Waals surface area contributed by atoms with Crippen molar-refractivity contribution in [2.24, 2.45) is 5.92 Å². The minimum atomic E-state index is 0.600. The van der Waals surface area contributed by atoms with E-state index in [4.69, 9.17) is 0 Å². The van der Waals surface area contributed by atoms with E-state index < -0.39 is 0 Å². The SMILES string of the molecule is C=C(c1ccc(C2CCC2)cc1C)C(C)CCC. The third kappa shape index (κ3) is 2.68. The summed E-state index contributed by atoms with van der Waals surface area (Å²) in [5.74, 6) is 1.43. The van der Waals surface area contributed by atoms with Gasteiger partial charge in [-0.15, -0.1) is 0 Å². The molecule has 0 amide bonds. The van der Waals surface area contributed by atoms with Gasteiger partial charge in [-0.25, -0.2) is 0 Å². The molecule has 0 heterocycles. The molecule has 2 rings (SSSR count). The lowest BCUT2D eigenvalue weighted by molar-refractivity contribution is 0.419. The molecule has 0 spiro atoms. The van der Waals surface area contributed by atoms with E-state index in [0.29, 0.717) is 5.92 Å². The number of rotatable bonds is 5. The van der Waals surface area contributed by atoms with E-state index in [9.17, 15) is 0 Å². The van der Waals surface area contributed by atoms with E-state index in [-0.39, 0.29) is 0 Å². The molecule has 1 fully saturated rings. The summed E-state index contributed by atoms with van der Waals surface area (Å²) in [6, 6.07) is 7.02. The molecule has 1 aliphatic rings. The summed E-state index contributed by atoms with van der Waals surface area (Å²) in [4.78, 5) is 0. The summed E-state index contributed by atoms with van der Waals surface area (Å²) in [5.41, 5.74) is 5.64. The normalized spacial score (nSPS) is 17.3. The van der Waals surface area contributed by atoms with E-state index in [0.717, 1.165) is 5.92 Å². The van der Waals surface area contributed by atoms with Crippen molar-refractivity contribution >= 4 is 5.57 Å². The van der Waals surface area contributed by atoms with Crippen molar-refractivity contribution in [3.8, 4) is 0 Å². The first-order valence-electron chi connectivity index (χ1n) is 7.43. The Hall–Kier alpha value is -1.04. The van der Waals surface area contributed by atoms with Crippen LogP contribution in [0.3, 0.4) is 0 Å². The zero-order valence-electron chi connectivity index (χ0n) is 12.1. The lowest BCUT2D eigenvalue weighted by Gasteiger charge is -2.27. The van der Waals surface area contributed by atoms with Crippen molar-refractivity contribution in [2.75, 3.05) is 0 Å². The second-order valence-electron chi connectivity index (χ2n) is 5.92. The number of benzene rings is 1. The van der Waals surface area contributed by atoms with Crippen LogP contribution in [0.1, 0.15) is 68.6 Å². The lowest BCUT2D eigenvalue weighted by atomic mass is 9.78. The molecule has 98 valence electrons. The Bertz CT molecular complexity index is 424. The summed E-state index contributed by atoms with van der Waals surface area (Å²) >= 11 is 0. The molecular formula is C18H26. The molecule has 0 saturated heterocycles. The average molecular weight is 242 g/mol. The molecule has 0 aromatic heterocycles. The van der Waals surface area contributed by atoms with E-state index >= 15 is 0 Å². The van der Waals surface area contributed by atoms with Gasteiger partial charge in [-0.1, -0.05) is 51.5 Å². The molecule has 0 nitrogen and oxygen atoms in total. The first kappa shape index (κ1) is 13.4. The van der Waals surface area contributed by atoms with E-state index in [2.05, 4.69) is 45.5 Å². The maximum absolute atomic E-state index is 4.31. The maximum atomic E-state index is 4.31. The van der Waals surface area contributed by atoms with Gasteiger partial charge in [0.1, 0.15) is 0 Å². The van der Waals surface area contributed by atoms with Crippen LogP contribution < -0.4 is 0 Å². The standard InChI is InChI=1S/C18H26/c1-5-7-13(2)15(4)18-11-10-17(12-14(18)3)16-8-6-9-16/h10-13,16H,4-9H2,1-3H3. The topological polar surface area (TPSA) is 0 Å². The Morgan fingerprint density at radius 3 is 2.61 bits per heavy atom. The number of hydrogen-bond donors (Lipinski definition) is 0. The van der Waals surface area contributed by atoms with Crippen molar-refractivity contribution in [3.63, 3.8) is 0 Å². The first-order chi connectivity index (χ1) is 8.63. The Morgan fingerprint density at radius 2 is 2.11 bits per heavy atom. The van der Waals surface area contributed by atoms with Crippen molar-refractivity contribution in [2.45, 2.75) is 58.8 Å². The van der Waals surface area contributed by atoms with E-state index in [1.54, 1.807) is 5.56 Å². The quantitative estimate of drug-likeness (QED) is 0.620. The molecule has 1 aliphatic carbocycles. The van der Waals surface area contributed by atoms with Crippen LogP contribution >= 0.6 is 0 Å². The largest absolute Gasteiger partial charge is 0.0950 e. The van der Waals surface area contributed by atoms with Gasteiger partial charge in [-0.05, 0) is 60.3 Å². The van der Waals surface area contributed by atoms with Crippen LogP contribution in [0.2, 0.25) is 0 Å². The minimum Gasteiger partial charge on any atom is -0.0950 e. The highest BCUT2D eigenvalue weighted by Crippen LogP contribution is 2.38. The van der Waals surface area contributed by atoms with Gasteiger partial charge in [0.15, 0.2) is 0 Å². The minimum absolute atomic E-state index is 0.600. The van der Waals surface area contributed by atoms with Gasteiger partial charge in [-0.3, -0.25) is 0 Å². The number of allylic oxidation sites excluding steroid dienone is 1. The monoisotopic (exact) mass is 242 g/mol. The highest BCUT2D eigenvalue weighted by atomic mass is 14.2. The van der Waals surface area contributed by atoms with Gasteiger partial charge < -0.3 is 0 Å². The fraction of sp³-hybridized carbons (Fsp3) is 0.556. The van der Waals surface area contributed by atoms with Gasteiger partial charge in [-0.2, -0.15) is 0 Å². The lowest BCUT2D eigenvalue weighted by Crippen LogP contribution is -2.09. The Labute approximate surface area is 112 Å². The van der Waals surface area contributed by atoms with Crippen molar-refractivity contribution in [3.05, 3.63) is 41.5 Å². The summed E-state index contributed by atoms with van der Waals surface area (Å²) < 4.78 is 0. The molecule has 1 atom stereocenters. The summed E-state index contributed by atoms with van der Waals surface area (Å²) in [6.07, 6.45) is 6.64. The molecular weight excluding hydrogens is 216 g/mol. The van der Waals surface area contributed by atoms with Crippen LogP contribution in [-0.2, 0) is 0 Å².